The average Bonchev–Trinajstić information content (AvgIpc) is 3.29. The first-order chi connectivity index (χ1) is 20.9. The molecular formula is C34H37NO8. The van der Waals surface area contributed by atoms with E-state index in [0.717, 1.165) is 0 Å². The van der Waals surface area contributed by atoms with Gasteiger partial charge >= 0.3 is 5.97 Å². The quantitative estimate of drug-likeness (QED) is 0.101. The van der Waals surface area contributed by atoms with Crippen molar-refractivity contribution in [3.63, 3.8) is 0 Å². The normalized spacial score (nSPS) is 18.8. The summed E-state index contributed by atoms with van der Waals surface area (Å²) in [7, 11) is 0. The van der Waals surface area contributed by atoms with Crippen LogP contribution in [0.15, 0.2) is 97.1 Å². The Bertz CT molecular complexity index is 1340. The molecule has 4 atom stereocenters. The second kappa shape index (κ2) is 16.4. The van der Waals surface area contributed by atoms with Crippen LogP contribution in [0.4, 0.5) is 5.69 Å². The number of aliphatic hydroxyl groups excluding tert-OH is 2. The summed E-state index contributed by atoms with van der Waals surface area (Å²) in [6, 6.07) is 24.6. The summed E-state index contributed by atoms with van der Waals surface area (Å²) >= 11 is 0. The van der Waals surface area contributed by atoms with Crippen LogP contribution in [0.2, 0.25) is 0 Å². The van der Waals surface area contributed by atoms with E-state index in [1.54, 1.807) is 60.7 Å². The number of amides is 1. The summed E-state index contributed by atoms with van der Waals surface area (Å²) in [5, 5.41) is 23.3. The summed E-state index contributed by atoms with van der Waals surface area (Å²) < 4.78 is 16.6. The molecule has 9 nitrogen and oxygen atoms in total. The minimum absolute atomic E-state index is 0.0198. The van der Waals surface area contributed by atoms with Crippen molar-refractivity contribution in [1.82, 2.24) is 0 Å². The number of rotatable bonds is 15. The lowest BCUT2D eigenvalue weighted by Crippen LogP contribution is -2.34. The molecule has 0 saturated heterocycles. The van der Waals surface area contributed by atoms with Gasteiger partial charge in [0.1, 0.15) is 30.0 Å². The standard InChI is InChI=1S/C34H37NO8/c36-26(22-41-27-13-7-4-8-14-27)23-42-33-29(30(37)21-31(33)38)15-9-1-2-10-16-32(39)43-28-19-17-25(18-20-28)35-34(40)24-11-5-3-6-12-24/h1,3-9,11-14,17-20,26,29,31,33,36,38H,2,10,15-16,21-23H2,(H,35,40)/b9-1-/t26-,29-,31+,33+/m0/s1. The number of benzene rings is 3. The van der Waals surface area contributed by atoms with Crippen molar-refractivity contribution in [3.8, 4) is 11.5 Å². The maximum Gasteiger partial charge on any atom is 0.311 e. The number of esters is 1. The van der Waals surface area contributed by atoms with Crippen molar-refractivity contribution in [3.05, 3.63) is 103 Å². The number of carbonyl (C=O) groups is 3. The molecule has 0 radical (unpaired) electrons. The second-order valence-corrected chi connectivity index (χ2v) is 10.3. The van der Waals surface area contributed by atoms with Crippen molar-refractivity contribution in [2.24, 2.45) is 5.92 Å². The number of aliphatic hydroxyl groups is 2. The van der Waals surface area contributed by atoms with E-state index in [1.807, 2.05) is 36.4 Å². The van der Waals surface area contributed by atoms with Crippen molar-refractivity contribution >= 4 is 23.3 Å². The van der Waals surface area contributed by atoms with Gasteiger partial charge in [-0.2, -0.15) is 0 Å². The zero-order chi connectivity index (χ0) is 30.4. The highest BCUT2D eigenvalue weighted by atomic mass is 16.5. The van der Waals surface area contributed by atoms with Crippen LogP contribution in [0.3, 0.4) is 0 Å². The molecule has 4 rings (SSSR count). The molecule has 1 saturated carbocycles. The third kappa shape index (κ3) is 10.2. The molecule has 0 spiro atoms. The van der Waals surface area contributed by atoms with E-state index < -0.39 is 24.2 Å². The third-order valence-corrected chi connectivity index (χ3v) is 6.95. The van der Waals surface area contributed by atoms with Crippen molar-refractivity contribution in [2.75, 3.05) is 18.5 Å². The predicted octanol–water partition coefficient (Wildman–Crippen LogP) is 4.74. The van der Waals surface area contributed by atoms with E-state index in [1.165, 1.54) is 0 Å². The molecule has 0 aliphatic heterocycles. The number of hydrogen-bond donors (Lipinski definition) is 3. The zero-order valence-corrected chi connectivity index (χ0v) is 23.8. The number of ether oxygens (including phenoxy) is 3. The van der Waals surface area contributed by atoms with Gasteiger partial charge in [-0.15, -0.1) is 0 Å². The Morgan fingerprint density at radius 3 is 2.33 bits per heavy atom. The van der Waals surface area contributed by atoms with Crippen LogP contribution < -0.4 is 14.8 Å². The number of anilines is 1. The smallest absolute Gasteiger partial charge is 0.311 e. The van der Waals surface area contributed by atoms with Gasteiger partial charge in [0, 0.05) is 30.0 Å². The monoisotopic (exact) mass is 587 g/mol. The Labute approximate surface area is 251 Å². The van der Waals surface area contributed by atoms with Crippen molar-refractivity contribution in [1.29, 1.82) is 0 Å². The lowest BCUT2D eigenvalue weighted by Gasteiger charge is -2.22. The van der Waals surface area contributed by atoms with Crippen LogP contribution in [0.25, 0.3) is 0 Å². The summed E-state index contributed by atoms with van der Waals surface area (Å²) in [6.07, 6.45) is 3.05. The van der Waals surface area contributed by atoms with Crippen LogP contribution >= 0.6 is 0 Å². The molecule has 9 heteroatoms. The van der Waals surface area contributed by atoms with Gasteiger partial charge in [-0.25, -0.2) is 0 Å². The predicted molar refractivity (Wildman–Crippen MR) is 161 cm³/mol. The Morgan fingerprint density at radius 2 is 1.60 bits per heavy atom. The lowest BCUT2D eigenvalue weighted by atomic mass is 9.99. The summed E-state index contributed by atoms with van der Waals surface area (Å²) in [6.45, 7) is -0.0265. The van der Waals surface area contributed by atoms with Crippen molar-refractivity contribution in [2.45, 2.75) is 50.4 Å². The lowest BCUT2D eigenvalue weighted by molar-refractivity contribution is -0.134. The summed E-state index contributed by atoms with van der Waals surface area (Å²) in [5.41, 5.74) is 1.14. The molecular weight excluding hydrogens is 550 g/mol. The zero-order valence-electron chi connectivity index (χ0n) is 23.8. The van der Waals surface area contributed by atoms with Crippen LogP contribution in [0, 0.1) is 5.92 Å². The molecule has 0 bridgehead atoms. The van der Waals surface area contributed by atoms with E-state index in [9.17, 15) is 24.6 Å². The molecule has 3 N–H and O–H groups in total. The van der Waals surface area contributed by atoms with Crippen LogP contribution in [0.5, 0.6) is 11.5 Å². The van der Waals surface area contributed by atoms with Gasteiger partial charge in [-0.05, 0) is 67.8 Å². The fourth-order valence-corrected chi connectivity index (χ4v) is 4.70. The van der Waals surface area contributed by atoms with Gasteiger partial charge in [0.25, 0.3) is 5.91 Å². The molecule has 3 aromatic carbocycles. The molecule has 1 aliphatic rings. The minimum atomic E-state index is -0.919. The maximum absolute atomic E-state index is 12.4. The van der Waals surface area contributed by atoms with Gasteiger partial charge in [0.2, 0.25) is 0 Å². The fraction of sp³-hybridized carbons (Fsp3) is 0.324. The number of unbranched alkanes of at least 4 members (excludes halogenated alkanes) is 1. The SMILES string of the molecule is O=C(CCC/C=C\C[C@H]1C(=O)C[C@@H](O)[C@@H]1OC[C@@H](O)COc1ccccc1)Oc1ccc(NC(=O)c2ccccc2)cc1. The van der Waals surface area contributed by atoms with Gasteiger partial charge in [-0.3, -0.25) is 14.4 Å². The van der Waals surface area contributed by atoms with E-state index >= 15 is 0 Å². The first kappa shape index (κ1) is 31.6. The van der Waals surface area contributed by atoms with E-state index in [2.05, 4.69) is 5.32 Å². The average molecular weight is 588 g/mol. The number of Topliss-reactive ketones (excluding diaryl/α,β-unsaturated/α-hetero) is 1. The van der Waals surface area contributed by atoms with E-state index in [0.29, 0.717) is 42.0 Å². The molecule has 1 fully saturated rings. The number of para-hydroxylation sites is 1. The molecule has 0 heterocycles. The van der Waals surface area contributed by atoms with Gasteiger partial charge in [0.05, 0.1) is 18.8 Å². The first-order valence-corrected chi connectivity index (χ1v) is 14.4. The fourth-order valence-electron chi connectivity index (χ4n) is 4.70. The molecule has 0 aromatic heterocycles. The number of allylic oxidation sites excluding steroid dienone is 2. The van der Waals surface area contributed by atoms with Gasteiger partial charge in [-0.1, -0.05) is 48.6 Å². The topological polar surface area (TPSA) is 131 Å². The maximum atomic E-state index is 12.4. The highest BCUT2D eigenvalue weighted by Crippen LogP contribution is 2.29. The molecule has 0 unspecified atom stereocenters. The number of carbonyl (C=O) groups excluding carboxylic acids is 3. The Kier molecular flexibility index (Phi) is 12.0. The highest BCUT2D eigenvalue weighted by molar-refractivity contribution is 6.04. The Hall–Kier alpha value is -4.31. The summed E-state index contributed by atoms with van der Waals surface area (Å²) in [4.78, 5) is 36.9. The Balaban J connectivity index is 1.12. The largest absolute Gasteiger partial charge is 0.491 e. The minimum Gasteiger partial charge on any atom is -0.491 e. The third-order valence-electron chi connectivity index (χ3n) is 6.95. The number of ketones is 1. The van der Waals surface area contributed by atoms with Gasteiger partial charge in [0.15, 0.2) is 0 Å². The highest BCUT2D eigenvalue weighted by Gasteiger charge is 2.41. The van der Waals surface area contributed by atoms with Gasteiger partial charge < -0.3 is 29.7 Å². The molecule has 226 valence electrons. The number of nitrogens with one attached hydrogen (secondary N) is 1. The molecule has 1 aliphatic carbocycles. The van der Waals surface area contributed by atoms with Crippen LogP contribution in [-0.4, -0.2) is 59.4 Å². The van der Waals surface area contributed by atoms with E-state index in [4.69, 9.17) is 14.2 Å². The summed E-state index contributed by atoms with van der Waals surface area (Å²) in [5.74, 6) is -0.149. The van der Waals surface area contributed by atoms with Crippen LogP contribution in [-0.2, 0) is 14.3 Å². The first-order valence-electron chi connectivity index (χ1n) is 14.4. The molecule has 1 amide bonds. The Morgan fingerprint density at radius 1 is 0.907 bits per heavy atom. The molecule has 3 aromatic rings. The molecule has 43 heavy (non-hydrogen) atoms. The second-order valence-electron chi connectivity index (χ2n) is 10.3. The van der Waals surface area contributed by atoms with E-state index in [-0.39, 0.29) is 43.7 Å². The van der Waals surface area contributed by atoms with Crippen LogP contribution in [0.1, 0.15) is 42.5 Å². The van der Waals surface area contributed by atoms with Crippen molar-refractivity contribution < 1.29 is 38.8 Å². The number of hydrogen-bond acceptors (Lipinski definition) is 8.